The molecule has 5 heteroatoms. The van der Waals surface area contributed by atoms with E-state index in [1.54, 1.807) is 0 Å². The van der Waals surface area contributed by atoms with Gasteiger partial charge >= 0.3 is 5.97 Å². The van der Waals surface area contributed by atoms with Crippen molar-refractivity contribution in [3.63, 3.8) is 0 Å². The number of rotatable bonds is 9. The minimum absolute atomic E-state index is 0.192. The number of carbonyl (C=O) groups excluding carboxylic acids is 2. The number of nitrogens with zero attached hydrogens (tertiary/aromatic N) is 2. The maximum Gasteiger partial charge on any atom is 0.339 e. The molecule has 1 aliphatic carbocycles. The molecule has 1 amide bonds. The fourth-order valence-electron chi connectivity index (χ4n) is 5.96. The molecule has 1 heterocycles. The van der Waals surface area contributed by atoms with Gasteiger partial charge < -0.3 is 4.74 Å². The molecule has 38 heavy (non-hydrogen) atoms. The number of amidine groups is 1. The number of ether oxygens (including phenoxy) is 1. The third-order valence-corrected chi connectivity index (χ3v) is 7.98. The molecule has 2 aliphatic rings. The van der Waals surface area contributed by atoms with Gasteiger partial charge in [-0.15, -0.1) is 0 Å². The van der Waals surface area contributed by atoms with E-state index in [-0.39, 0.29) is 11.9 Å². The summed E-state index contributed by atoms with van der Waals surface area (Å²) in [4.78, 5) is 34.1. The van der Waals surface area contributed by atoms with Crippen LogP contribution in [0.15, 0.2) is 53.5 Å². The number of amides is 1. The Kier molecular flexibility index (Phi) is 8.74. The zero-order chi connectivity index (χ0) is 27.3. The molecule has 2 aromatic carbocycles. The molecule has 0 bridgehead atoms. The first-order valence-corrected chi connectivity index (χ1v) is 14.5. The van der Waals surface area contributed by atoms with E-state index in [1.165, 1.54) is 19.3 Å². The van der Waals surface area contributed by atoms with Gasteiger partial charge in [-0.05, 0) is 75.1 Å². The van der Waals surface area contributed by atoms with Crippen LogP contribution in [0.1, 0.15) is 108 Å². The molecule has 0 saturated heterocycles. The molecule has 2 aromatic rings. The quantitative estimate of drug-likeness (QED) is 0.318. The van der Waals surface area contributed by atoms with Gasteiger partial charge in [-0.2, -0.15) is 0 Å². The van der Waals surface area contributed by atoms with Crippen LogP contribution in [0.3, 0.4) is 0 Å². The normalized spacial score (nSPS) is 20.5. The maximum atomic E-state index is 14.0. The van der Waals surface area contributed by atoms with Crippen molar-refractivity contribution in [3.05, 3.63) is 59.7 Å². The molecule has 5 nitrogen and oxygen atoms in total. The summed E-state index contributed by atoms with van der Waals surface area (Å²) in [7, 11) is 0. The number of esters is 1. The zero-order valence-corrected chi connectivity index (χ0v) is 23.9. The smallest absolute Gasteiger partial charge is 0.339 e. The fourth-order valence-corrected chi connectivity index (χ4v) is 5.96. The minimum Gasteiger partial charge on any atom is -0.456 e. The Labute approximate surface area is 228 Å². The molecule has 1 saturated carbocycles. The average molecular weight is 517 g/mol. The fraction of sp³-hybridized carbons (Fsp3) is 0.545. The highest BCUT2D eigenvalue weighted by atomic mass is 16.6. The number of benzene rings is 2. The van der Waals surface area contributed by atoms with Crippen molar-refractivity contribution in [1.29, 1.82) is 0 Å². The first kappa shape index (κ1) is 28.1. The lowest BCUT2D eigenvalue weighted by Gasteiger charge is -2.35. The summed E-state index contributed by atoms with van der Waals surface area (Å²) in [5.41, 5.74) is 2.27. The van der Waals surface area contributed by atoms with Crippen LogP contribution >= 0.6 is 0 Å². The van der Waals surface area contributed by atoms with E-state index in [9.17, 15) is 9.59 Å². The second-order valence-corrected chi connectivity index (χ2v) is 11.9. The van der Waals surface area contributed by atoms with E-state index in [1.807, 2.05) is 62.1 Å². The molecule has 4 rings (SSSR count). The molecule has 1 atom stereocenters. The van der Waals surface area contributed by atoms with Gasteiger partial charge in [-0.3, -0.25) is 14.7 Å². The van der Waals surface area contributed by atoms with Crippen molar-refractivity contribution in [3.8, 4) is 11.1 Å². The maximum absolute atomic E-state index is 14.0. The Hall–Kier alpha value is -2.95. The van der Waals surface area contributed by atoms with Gasteiger partial charge in [0.05, 0.1) is 12.1 Å². The average Bonchev–Trinajstić information content (AvgIpc) is 3.18. The van der Waals surface area contributed by atoms with Gasteiger partial charge in [0.25, 0.3) is 5.91 Å². The van der Waals surface area contributed by atoms with Crippen molar-refractivity contribution in [1.82, 2.24) is 4.90 Å². The summed E-state index contributed by atoms with van der Waals surface area (Å²) in [5.74, 6) is 1.18. The predicted octanol–water partition coefficient (Wildman–Crippen LogP) is 7.97. The first-order chi connectivity index (χ1) is 18.2. The number of unbranched alkanes of at least 4 members (excludes halogenated alkanes) is 1. The highest BCUT2D eigenvalue weighted by Gasteiger charge is 2.51. The van der Waals surface area contributed by atoms with E-state index in [0.717, 1.165) is 61.1 Å². The van der Waals surface area contributed by atoms with Crippen molar-refractivity contribution in [2.24, 2.45) is 10.9 Å². The van der Waals surface area contributed by atoms with Gasteiger partial charge in [0.15, 0.2) is 0 Å². The van der Waals surface area contributed by atoms with Crippen molar-refractivity contribution in [2.45, 2.75) is 110 Å². The van der Waals surface area contributed by atoms with Crippen LogP contribution in [0, 0.1) is 5.92 Å². The van der Waals surface area contributed by atoms with Gasteiger partial charge in [0.2, 0.25) is 0 Å². The molecule has 204 valence electrons. The standard InChI is InChI=1S/C33H44N2O3/c1-6-8-18-29-34-33(7-2,26-14-10-9-11-15-26)31(37)35(29)23-24-19-21-25(22-20-24)27-16-12-13-17-28(27)30(36)38-32(3,4)5/h12-13,16-17,19-22,26H,6-11,14-15,18,23H2,1-5H3. The highest BCUT2D eigenvalue weighted by Crippen LogP contribution is 2.42. The molecule has 1 unspecified atom stereocenters. The van der Waals surface area contributed by atoms with Gasteiger partial charge in [-0.25, -0.2) is 4.79 Å². The second kappa shape index (κ2) is 11.8. The number of hydrogen-bond donors (Lipinski definition) is 0. The predicted molar refractivity (Wildman–Crippen MR) is 154 cm³/mol. The third kappa shape index (κ3) is 6.03. The zero-order valence-electron chi connectivity index (χ0n) is 23.9. The lowest BCUT2D eigenvalue weighted by atomic mass is 9.73. The Morgan fingerprint density at radius 3 is 2.34 bits per heavy atom. The molecule has 1 fully saturated rings. The Balaban J connectivity index is 1.57. The molecule has 1 aliphatic heterocycles. The lowest BCUT2D eigenvalue weighted by molar-refractivity contribution is -0.134. The SMILES string of the molecule is CCCCC1=NC(CC)(C2CCCCC2)C(=O)N1Cc1ccc(-c2ccccc2C(=O)OC(C)(C)C)cc1. The summed E-state index contributed by atoms with van der Waals surface area (Å²) in [6, 6.07) is 15.8. The van der Waals surface area contributed by atoms with Crippen LogP contribution in [0.2, 0.25) is 0 Å². The largest absolute Gasteiger partial charge is 0.456 e. The van der Waals surface area contributed by atoms with Crippen LogP contribution in [0.5, 0.6) is 0 Å². The number of carbonyl (C=O) groups is 2. The topological polar surface area (TPSA) is 59.0 Å². The minimum atomic E-state index is -0.588. The van der Waals surface area contributed by atoms with Gasteiger partial charge in [0.1, 0.15) is 17.0 Å². The van der Waals surface area contributed by atoms with Crippen LogP contribution in [-0.2, 0) is 16.1 Å². The van der Waals surface area contributed by atoms with Crippen LogP contribution in [0.25, 0.3) is 11.1 Å². The summed E-state index contributed by atoms with van der Waals surface area (Å²) in [6.07, 6.45) is 9.60. The third-order valence-electron chi connectivity index (χ3n) is 7.98. The molecule has 0 N–H and O–H groups in total. The van der Waals surface area contributed by atoms with E-state index < -0.39 is 11.1 Å². The van der Waals surface area contributed by atoms with E-state index in [0.29, 0.717) is 18.0 Å². The second-order valence-electron chi connectivity index (χ2n) is 11.9. The van der Waals surface area contributed by atoms with Crippen molar-refractivity contribution in [2.75, 3.05) is 0 Å². The molecular weight excluding hydrogens is 472 g/mol. The van der Waals surface area contributed by atoms with Crippen LogP contribution < -0.4 is 0 Å². The van der Waals surface area contributed by atoms with E-state index in [4.69, 9.17) is 9.73 Å². The van der Waals surface area contributed by atoms with E-state index >= 15 is 0 Å². The molecule has 0 spiro atoms. The van der Waals surface area contributed by atoms with Crippen LogP contribution in [-0.4, -0.2) is 33.8 Å². The Bertz CT molecular complexity index is 1160. The monoisotopic (exact) mass is 516 g/mol. The number of hydrogen-bond acceptors (Lipinski definition) is 4. The molecule has 0 radical (unpaired) electrons. The first-order valence-electron chi connectivity index (χ1n) is 14.5. The van der Waals surface area contributed by atoms with Crippen molar-refractivity contribution < 1.29 is 14.3 Å². The van der Waals surface area contributed by atoms with Gasteiger partial charge in [-0.1, -0.05) is 82.0 Å². The Morgan fingerprint density at radius 1 is 1.03 bits per heavy atom. The van der Waals surface area contributed by atoms with Crippen molar-refractivity contribution >= 4 is 17.7 Å². The molecule has 0 aromatic heterocycles. The number of aliphatic imine (C=N–C) groups is 1. The van der Waals surface area contributed by atoms with E-state index in [2.05, 4.69) is 26.0 Å². The van der Waals surface area contributed by atoms with Crippen LogP contribution in [0.4, 0.5) is 0 Å². The summed E-state index contributed by atoms with van der Waals surface area (Å²) >= 11 is 0. The Morgan fingerprint density at radius 2 is 1.71 bits per heavy atom. The highest BCUT2D eigenvalue weighted by molar-refractivity contribution is 6.08. The lowest BCUT2D eigenvalue weighted by Crippen LogP contribution is -2.47. The summed E-state index contributed by atoms with van der Waals surface area (Å²) < 4.78 is 5.64. The molecular formula is C33H44N2O3. The summed E-state index contributed by atoms with van der Waals surface area (Å²) in [6.45, 7) is 10.5. The summed E-state index contributed by atoms with van der Waals surface area (Å²) in [5, 5.41) is 0. The van der Waals surface area contributed by atoms with Gasteiger partial charge in [0, 0.05) is 6.42 Å².